The second-order valence-electron chi connectivity index (χ2n) is 4.63. The number of aryl methyl sites for hydroxylation is 1. The van der Waals surface area contributed by atoms with Gasteiger partial charge in [-0.2, -0.15) is 5.10 Å². The van der Waals surface area contributed by atoms with Crippen LogP contribution in [0.1, 0.15) is 30.8 Å². The maximum absolute atomic E-state index is 11.8. The standard InChI is InChI=1S/C11H18BrN3O/c1-11(2,5-6-12)8-13-10(16)9-4-7-14-15(9)3/h4,7H,5-6,8H2,1-3H3,(H,13,16). The van der Waals surface area contributed by atoms with Gasteiger partial charge in [-0.3, -0.25) is 9.48 Å². The monoisotopic (exact) mass is 287 g/mol. The third-order valence-corrected chi connectivity index (χ3v) is 2.95. The lowest BCUT2D eigenvalue weighted by Gasteiger charge is -2.23. The van der Waals surface area contributed by atoms with Gasteiger partial charge in [0.25, 0.3) is 5.91 Å². The van der Waals surface area contributed by atoms with Gasteiger partial charge < -0.3 is 5.32 Å². The van der Waals surface area contributed by atoms with Crippen molar-refractivity contribution in [2.45, 2.75) is 20.3 Å². The highest BCUT2D eigenvalue weighted by Crippen LogP contribution is 2.20. The fourth-order valence-corrected chi connectivity index (χ4v) is 2.42. The fraction of sp³-hybridized carbons (Fsp3) is 0.636. The van der Waals surface area contributed by atoms with Gasteiger partial charge in [-0.15, -0.1) is 0 Å². The number of alkyl halides is 1. The number of halogens is 1. The van der Waals surface area contributed by atoms with Crippen LogP contribution in [0.25, 0.3) is 0 Å². The Kier molecular flexibility index (Phi) is 4.53. The number of hydrogen-bond acceptors (Lipinski definition) is 2. The molecule has 4 nitrogen and oxygen atoms in total. The molecule has 0 atom stereocenters. The van der Waals surface area contributed by atoms with Gasteiger partial charge >= 0.3 is 0 Å². The van der Waals surface area contributed by atoms with Gasteiger partial charge in [0.05, 0.1) is 0 Å². The minimum absolute atomic E-state index is 0.0670. The van der Waals surface area contributed by atoms with Crippen molar-refractivity contribution in [2.75, 3.05) is 11.9 Å². The number of hydrogen-bond donors (Lipinski definition) is 1. The Balaban J connectivity index is 2.51. The van der Waals surface area contributed by atoms with Crippen LogP contribution in [0.2, 0.25) is 0 Å². The van der Waals surface area contributed by atoms with E-state index in [0.29, 0.717) is 12.2 Å². The summed E-state index contributed by atoms with van der Waals surface area (Å²) >= 11 is 3.42. The molecule has 0 saturated carbocycles. The van der Waals surface area contributed by atoms with E-state index >= 15 is 0 Å². The summed E-state index contributed by atoms with van der Waals surface area (Å²) in [6.07, 6.45) is 2.65. The summed E-state index contributed by atoms with van der Waals surface area (Å²) in [5.41, 5.74) is 0.701. The Hall–Kier alpha value is -0.840. The normalized spacial score (nSPS) is 11.5. The Labute approximate surface area is 105 Å². The second-order valence-corrected chi connectivity index (χ2v) is 5.42. The molecular formula is C11H18BrN3O. The molecule has 90 valence electrons. The maximum Gasteiger partial charge on any atom is 0.269 e. The molecule has 0 aliphatic rings. The molecule has 1 N–H and O–H groups in total. The number of nitrogens with zero attached hydrogens (tertiary/aromatic N) is 2. The van der Waals surface area contributed by atoms with E-state index in [1.54, 1.807) is 24.0 Å². The van der Waals surface area contributed by atoms with E-state index in [9.17, 15) is 4.79 Å². The molecular weight excluding hydrogens is 270 g/mol. The van der Waals surface area contributed by atoms with Gasteiger partial charge in [0.15, 0.2) is 0 Å². The molecule has 1 aromatic rings. The van der Waals surface area contributed by atoms with Crippen LogP contribution in [0.3, 0.4) is 0 Å². The number of carbonyl (C=O) groups is 1. The summed E-state index contributed by atoms with van der Waals surface area (Å²) in [4.78, 5) is 11.8. The summed E-state index contributed by atoms with van der Waals surface area (Å²) in [5, 5.41) is 7.84. The molecule has 0 radical (unpaired) electrons. The highest BCUT2D eigenvalue weighted by Gasteiger charge is 2.19. The van der Waals surface area contributed by atoms with Crippen molar-refractivity contribution in [1.82, 2.24) is 15.1 Å². The second kappa shape index (κ2) is 5.48. The highest BCUT2D eigenvalue weighted by molar-refractivity contribution is 9.09. The molecule has 5 heteroatoms. The summed E-state index contributed by atoms with van der Waals surface area (Å²) in [5.74, 6) is -0.0670. The quantitative estimate of drug-likeness (QED) is 0.842. The molecule has 1 amide bonds. The van der Waals surface area contributed by atoms with Crippen LogP contribution in [-0.2, 0) is 7.05 Å². The van der Waals surface area contributed by atoms with Crippen LogP contribution in [-0.4, -0.2) is 27.6 Å². The topological polar surface area (TPSA) is 46.9 Å². The van der Waals surface area contributed by atoms with E-state index < -0.39 is 0 Å². The van der Waals surface area contributed by atoms with Crippen molar-refractivity contribution in [3.63, 3.8) is 0 Å². The Morgan fingerprint density at radius 3 is 2.81 bits per heavy atom. The van der Waals surface area contributed by atoms with Crippen molar-refractivity contribution in [3.8, 4) is 0 Å². The van der Waals surface area contributed by atoms with E-state index in [1.165, 1.54) is 0 Å². The van der Waals surface area contributed by atoms with Crippen molar-refractivity contribution >= 4 is 21.8 Å². The molecule has 0 fully saturated rings. The fourth-order valence-electron chi connectivity index (χ4n) is 1.35. The average Bonchev–Trinajstić information content (AvgIpc) is 2.61. The summed E-state index contributed by atoms with van der Waals surface area (Å²) < 4.78 is 1.58. The van der Waals surface area contributed by atoms with Crippen LogP contribution < -0.4 is 5.32 Å². The highest BCUT2D eigenvalue weighted by atomic mass is 79.9. The lowest BCUT2D eigenvalue weighted by molar-refractivity contribution is 0.0926. The molecule has 0 unspecified atom stereocenters. The van der Waals surface area contributed by atoms with Crippen molar-refractivity contribution in [3.05, 3.63) is 18.0 Å². The lowest BCUT2D eigenvalue weighted by Crippen LogP contribution is -2.35. The minimum atomic E-state index is -0.0670. The molecule has 1 heterocycles. The molecule has 0 aliphatic carbocycles. The van der Waals surface area contributed by atoms with E-state index in [-0.39, 0.29) is 11.3 Å². The first-order valence-corrected chi connectivity index (χ1v) is 6.40. The van der Waals surface area contributed by atoms with Gasteiger partial charge in [-0.1, -0.05) is 29.8 Å². The lowest BCUT2D eigenvalue weighted by atomic mass is 9.90. The average molecular weight is 288 g/mol. The van der Waals surface area contributed by atoms with E-state index in [0.717, 1.165) is 11.8 Å². The van der Waals surface area contributed by atoms with Crippen LogP contribution in [0.5, 0.6) is 0 Å². The van der Waals surface area contributed by atoms with E-state index in [4.69, 9.17) is 0 Å². The first kappa shape index (κ1) is 13.2. The summed E-state index contributed by atoms with van der Waals surface area (Å²) in [6, 6.07) is 1.72. The predicted molar refractivity (Wildman–Crippen MR) is 67.7 cm³/mol. The van der Waals surface area contributed by atoms with E-state index in [2.05, 4.69) is 40.2 Å². The maximum atomic E-state index is 11.8. The summed E-state index contributed by atoms with van der Waals surface area (Å²) in [6.45, 7) is 4.94. The largest absolute Gasteiger partial charge is 0.350 e. The third kappa shape index (κ3) is 3.63. The van der Waals surface area contributed by atoms with Crippen LogP contribution >= 0.6 is 15.9 Å². The first-order chi connectivity index (χ1) is 7.46. The van der Waals surface area contributed by atoms with Crippen LogP contribution in [0, 0.1) is 5.41 Å². The zero-order valence-electron chi connectivity index (χ0n) is 9.96. The SMILES string of the molecule is Cn1nccc1C(=O)NCC(C)(C)CCBr. The number of nitrogens with one attached hydrogen (secondary N) is 1. The molecule has 0 saturated heterocycles. The van der Waals surface area contributed by atoms with Gasteiger partial charge in [0, 0.05) is 25.1 Å². The molecule has 1 rings (SSSR count). The molecule has 1 aromatic heterocycles. The minimum Gasteiger partial charge on any atom is -0.350 e. The van der Waals surface area contributed by atoms with Gasteiger partial charge in [0.1, 0.15) is 5.69 Å². The zero-order valence-corrected chi connectivity index (χ0v) is 11.5. The summed E-state index contributed by atoms with van der Waals surface area (Å²) in [7, 11) is 1.76. The molecule has 0 bridgehead atoms. The van der Waals surface area contributed by atoms with Crippen molar-refractivity contribution in [1.29, 1.82) is 0 Å². The number of amides is 1. The van der Waals surface area contributed by atoms with Gasteiger partial charge in [0.2, 0.25) is 0 Å². The van der Waals surface area contributed by atoms with Gasteiger partial charge in [-0.25, -0.2) is 0 Å². The smallest absolute Gasteiger partial charge is 0.269 e. The molecule has 0 aliphatic heterocycles. The Morgan fingerprint density at radius 1 is 1.62 bits per heavy atom. The number of aromatic nitrogens is 2. The molecule has 16 heavy (non-hydrogen) atoms. The van der Waals surface area contributed by atoms with Crippen LogP contribution in [0.4, 0.5) is 0 Å². The van der Waals surface area contributed by atoms with Gasteiger partial charge in [-0.05, 0) is 17.9 Å². The molecule has 0 aromatic carbocycles. The number of carbonyl (C=O) groups excluding carboxylic acids is 1. The Bertz CT molecular complexity index is 360. The Morgan fingerprint density at radius 2 is 2.31 bits per heavy atom. The van der Waals surface area contributed by atoms with Crippen LogP contribution in [0.15, 0.2) is 12.3 Å². The molecule has 0 spiro atoms. The van der Waals surface area contributed by atoms with E-state index in [1.807, 2.05) is 0 Å². The first-order valence-electron chi connectivity index (χ1n) is 5.28. The predicted octanol–water partition coefficient (Wildman–Crippen LogP) is 1.96. The zero-order chi connectivity index (χ0) is 12.2. The third-order valence-electron chi connectivity index (χ3n) is 2.55. The number of rotatable bonds is 5. The van der Waals surface area contributed by atoms with Crippen molar-refractivity contribution < 1.29 is 4.79 Å². The van der Waals surface area contributed by atoms with Crippen molar-refractivity contribution in [2.24, 2.45) is 12.5 Å².